The first kappa shape index (κ1) is 16.9. The number of carboxylic acid groups (broad SMARTS) is 1. The van der Waals surface area contributed by atoms with Crippen molar-refractivity contribution in [2.45, 2.75) is 20.0 Å². The Morgan fingerprint density at radius 1 is 1.32 bits per heavy atom. The van der Waals surface area contributed by atoms with Crippen LogP contribution < -0.4 is 0 Å². The Bertz CT molecular complexity index is 411. The first-order chi connectivity index (χ1) is 8.84. The molecule has 0 radical (unpaired) electrons. The Hall–Kier alpha value is -2.14. The third-order valence-electron chi connectivity index (χ3n) is 1.83. The normalized spacial score (nSPS) is 10.7. The van der Waals surface area contributed by atoms with E-state index in [1.165, 1.54) is 6.92 Å². The number of aliphatic hydroxyl groups excluding tert-OH is 1. The summed E-state index contributed by atoms with van der Waals surface area (Å²) in [5.74, 6) is -1.34. The van der Waals surface area contributed by atoms with Gasteiger partial charge < -0.3 is 14.9 Å². The molecule has 104 valence electrons. The van der Waals surface area contributed by atoms with E-state index >= 15 is 0 Å². The summed E-state index contributed by atoms with van der Waals surface area (Å²) in [7, 11) is 0. The van der Waals surface area contributed by atoms with Gasteiger partial charge in [0.1, 0.15) is 6.61 Å². The monoisotopic (exact) mass is 266 g/mol. The fourth-order valence-corrected chi connectivity index (χ4v) is 0.854. The zero-order valence-electron chi connectivity index (χ0n) is 11.0. The molecule has 0 spiro atoms. The molecule has 0 amide bonds. The molecule has 0 aromatic heterocycles. The average Bonchev–Trinajstić information content (AvgIpc) is 2.37. The minimum absolute atomic E-state index is 0.0354. The van der Waals surface area contributed by atoms with Gasteiger partial charge in [0, 0.05) is 5.57 Å². The summed E-state index contributed by atoms with van der Waals surface area (Å²) in [4.78, 5) is 20.8. The van der Waals surface area contributed by atoms with E-state index in [1.54, 1.807) is 31.2 Å². The first-order valence-electron chi connectivity index (χ1n) is 5.63. The molecule has 0 aliphatic carbocycles. The Balaban J connectivity index is 0.000000459. The largest absolute Gasteiger partial charge is 0.478 e. The summed E-state index contributed by atoms with van der Waals surface area (Å²) < 4.78 is 4.80. The minimum atomic E-state index is -0.935. The van der Waals surface area contributed by atoms with Crippen molar-refractivity contribution in [2.24, 2.45) is 0 Å². The number of carbonyl (C=O) groups excluding carboxylic acids is 1. The SMILES string of the molecule is C=C(C)C(=O)O.CC(O)COC(=O)c1ccccc1. The molecule has 19 heavy (non-hydrogen) atoms. The number of esters is 1. The highest BCUT2D eigenvalue weighted by atomic mass is 16.5. The van der Waals surface area contributed by atoms with Gasteiger partial charge >= 0.3 is 11.9 Å². The summed E-state index contributed by atoms with van der Waals surface area (Å²) in [5.41, 5.74) is 0.679. The summed E-state index contributed by atoms with van der Waals surface area (Å²) in [6.07, 6.45) is -0.618. The van der Waals surface area contributed by atoms with E-state index in [0.717, 1.165) is 0 Å². The van der Waals surface area contributed by atoms with Crippen LogP contribution in [0.1, 0.15) is 24.2 Å². The van der Waals surface area contributed by atoms with Crippen molar-refractivity contribution >= 4 is 11.9 Å². The summed E-state index contributed by atoms with van der Waals surface area (Å²) >= 11 is 0. The van der Waals surface area contributed by atoms with Gasteiger partial charge in [-0.25, -0.2) is 9.59 Å². The molecule has 0 aliphatic rings. The number of ether oxygens (including phenoxy) is 1. The second-order valence-electron chi connectivity index (χ2n) is 3.90. The van der Waals surface area contributed by atoms with Crippen LogP contribution in [0.4, 0.5) is 0 Å². The molecule has 1 atom stereocenters. The van der Waals surface area contributed by atoms with Gasteiger partial charge in [-0.3, -0.25) is 0 Å². The van der Waals surface area contributed by atoms with Crippen LogP contribution in [0.25, 0.3) is 0 Å². The molecular weight excluding hydrogens is 248 g/mol. The van der Waals surface area contributed by atoms with E-state index in [-0.39, 0.29) is 12.2 Å². The van der Waals surface area contributed by atoms with Crippen LogP contribution in [0, 0.1) is 0 Å². The average molecular weight is 266 g/mol. The lowest BCUT2D eigenvalue weighted by atomic mass is 10.2. The lowest BCUT2D eigenvalue weighted by Gasteiger charge is -2.05. The number of carboxylic acids is 1. The van der Waals surface area contributed by atoms with Crippen LogP contribution >= 0.6 is 0 Å². The molecule has 5 heteroatoms. The van der Waals surface area contributed by atoms with Crippen molar-refractivity contribution in [3.05, 3.63) is 48.0 Å². The Labute approximate surface area is 112 Å². The zero-order valence-corrected chi connectivity index (χ0v) is 11.0. The lowest BCUT2D eigenvalue weighted by molar-refractivity contribution is -0.132. The Morgan fingerprint density at radius 2 is 1.79 bits per heavy atom. The highest BCUT2D eigenvalue weighted by Gasteiger charge is 2.06. The quantitative estimate of drug-likeness (QED) is 0.642. The molecule has 0 heterocycles. The molecule has 0 aliphatic heterocycles. The number of hydrogen-bond donors (Lipinski definition) is 2. The molecule has 2 N–H and O–H groups in total. The van der Waals surface area contributed by atoms with E-state index in [1.807, 2.05) is 6.07 Å². The second-order valence-corrected chi connectivity index (χ2v) is 3.90. The molecule has 5 nitrogen and oxygen atoms in total. The summed E-state index contributed by atoms with van der Waals surface area (Å²) in [6, 6.07) is 8.69. The number of aliphatic carboxylic acids is 1. The maximum absolute atomic E-state index is 11.2. The number of carbonyl (C=O) groups is 2. The number of aliphatic hydroxyl groups is 1. The van der Waals surface area contributed by atoms with Crippen molar-refractivity contribution in [3.8, 4) is 0 Å². The Morgan fingerprint density at radius 3 is 2.16 bits per heavy atom. The highest BCUT2D eigenvalue weighted by Crippen LogP contribution is 2.01. The molecule has 1 rings (SSSR count). The van der Waals surface area contributed by atoms with E-state index in [4.69, 9.17) is 14.9 Å². The van der Waals surface area contributed by atoms with E-state index < -0.39 is 18.0 Å². The summed E-state index contributed by atoms with van der Waals surface area (Å²) in [6.45, 7) is 6.21. The highest BCUT2D eigenvalue weighted by molar-refractivity contribution is 5.89. The van der Waals surface area contributed by atoms with E-state index in [0.29, 0.717) is 5.56 Å². The molecule has 1 unspecified atom stereocenters. The number of hydrogen-bond acceptors (Lipinski definition) is 4. The number of benzene rings is 1. The molecule has 0 fully saturated rings. The molecule has 0 saturated carbocycles. The zero-order chi connectivity index (χ0) is 14.8. The van der Waals surface area contributed by atoms with Crippen LogP contribution in [-0.2, 0) is 9.53 Å². The molecule has 1 aromatic rings. The van der Waals surface area contributed by atoms with Gasteiger partial charge in [-0.1, -0.05) is 24.8 Å². The van der Waals surface area contributed by atoms with Crippen LogP contribution in [0.3, 0.4) is 0 Å². The fraction of sp³-hybridized carbons (Fsp3) is 0.286. The molecule has 1 aromatic carbocycles. The van der Waals surface area contributed by atoms with Crippen molar-refractivity contribution < 1.29 is 24.5 Å². The fourth-order valence-electron chi connectivity index (χ4n) is 0.854. The predicted octanol–water partition coefficient (Wildman–Crippen LogP) is 1.87. The van der Waals surface area contributed by atoms with Crippen LogP contribution in [0.5, 0.6) is 0 Å². The molecule has 0 saturated heterocycles. The lowest BCUT2D eigenvalue weighted by Crippen LogP contribution is -2.15. The van der Waals surface area contributed by atoms with Gasteiger partial charge in [-0.05, 0) is 26.0 Å². The van der Waals surface area contributed by atoms with Gasteiger partial charge in [0.05, 0.1) is 11.7 Å². The maximum atomic E-state index is 11.2. The number of rotatable bonds is 4. The second kappa shape index (κ2) is 8.88. The molecule has 0 bridgehead atoms. The van der Waals surface area contributed by atoms with Crippen molar-refractivity contribution in [3.63, 3.8) is 0 Å². The first-order valence-corrected chi connectivity index (χ1v) is 5.63. The van der Waals surface area contributed by atoms with Crippen LogP contribution in [0.2, 0.25) is 0 Å². The molecular formula is C14H18O5. The minimum Gasteiger partial charge on any atom is -0.478 e. The standard InChI is InChI=1S/C10H12O3.C4H6O2/c1-8(11)7-13-10(12)9-5-3-2-4-6-9;1-3(2)4(5)6/h2-6,8,11H,7H2,1H3;1H2,2H3,(H,5,6). The van der Waals surface area contributed by atoms with Crippen LogP contribution in [0.15, 0.2) is 42.5 Å². The van der Waals surface area contributed by atoms with Crippen molar-refractivity contribution in [2.75, 3.05) is 6.61 Å². The third kappa shape index (κ3) is 8.57. The third-order valence-corrected chi connectivity index (χ3v) is 1.83. The Kier molecular flexibility index (Phi) is 7.88. The summed E-state index contributed by atoms with van der Waals surface area (Å²) in [5, 5.41) is 16.8. The van der Waals surface area contributed by atoms with Gasteiger partial charge in [0.2, 0.25) is 0 Å². The van der Waals surface area contributed by atoms with E-state index in [2.05, 4.69) is 6.58 Å². The van der Waals surface area contributed by atoms with Crippen molar-refractivity contribution in [1.82, 2.24) is 0 Å². The van der Waals surface area contributed by atoms with Gasteiger partial charge in [-0.15, -0.1) is 0 Å². The topological polar surface area (TPSA) is 83.8 Å². The van der Waals surface area contributed by atoms with E-state index in [9.17, 15) is 9.59 Å². The van der Waals surface area contributed by atoms with Crippen molar-refractivity contribution in [1.29, 1.82) is 0 Å². The maximum Gasteiger partial charge on any atom is 0.338 e. The van der Waals surface area contributed by atoms with Crippen LogP contribution in [-0.4, -0.2) is 34.9 Å². The smallest absolute Gasteiger partial charge is 0.338 e. The van der Waals surface area contributed by atoms with Gasteiger partial charge in [-0.2, -0.15) is 0 Å². The predicted molar refractivity (Wildman–Crippen MR) is 70.9 cm³/mol. The van der Waals surface area contributed by atoms with Gasteiger partial charge in [0.25, 0.3) is 0 Å². The van der Waals surface area contributed by atoms with Gasteiger partial charge in [0.15, 0.2) is 0 Å².